The van der Waals surface area contributed by atoms with Crippen molar-refractivity contribution in [2.45, 2.75) is 19.9 Å². The van der Waals surface area contributed by atoms with Gasteiger partial charge in [0.05, 0.1) is 0 Å². The molecule has 1 N–H and O–H groups in total. The topological polar surface area (TPSA) is 51.1 Å². The fraction of sp³-hybridized carbons (Fsp3) is 0.400. The second-order valence-electron chi connectivity index (χ2n) is 3.08. The number of nitrogens with one attached hydrogen (secondary N) is 1. The molecule has 1 amide bonds. The second-order valence-corrected chi connectivity index (χ2v) is 3.08. The van der Waals surface area contributed by atoms with E-state index in [-0.39, 0.29) is 11.5 Å². The van der Waals surface area contributed by atoms with Crippen molar-refractivity contribution in [2.75, 3.05) is 7.05 Å². The third-order valence-electron chi connectivity index (χ3n) is 2.11. The van der Waals surface area contributed by atoms with E-state index in [9.17, 15) is 9.59 Å². The lowest BCUT2D eigenvalue weighted by atomic mass is 10.3. The molecule has 0 bridgehead atoms. The van der Waals surface area contributed by atoms with Crippen molar-refractivity contribution >= 4 is 5.91 Å². The van der Waals surface area contributed by atoms with Gasteiger partial charge >= 0.3 is 0 Å². The molecule has 0 saturated heterocycles. The van der Waals surface area contributed by atoms with Crippen molar-refractivity contribution < 1.29 is 4.79 Å². The van der Waals surface area contributed by atoms with Gasteiger partial charge in [-0.3, -0.25) is 9.59 Å². The van der Waals surface area contributed by atoms with Crippen LogP contribution in [0.1, 0.15) is 12.1 Å². The third-order valence-corrected chi connectivity index (χ3v) is 2.11. The fourth-order valence-electron chi connectivity index (χ4n) is 1.25. The summed E-state index contributed by atoms with van der Waals surface area (Å²) in [6.45, 7) is 2.29. The Balaban J connectivity index is 2.76. The zero-order chi connectivity index (χ0) is 10.6. The lowest BCUT2D eigenvalue weighted by Crippen LogP contribution is -2.25. The van der Waals surface area contributed by atoms with E-state index in [0.29, 0.717) is 13.0 Å². The first kappa shape index (κ1) is 10.5. The van der Waals surface area contributed by atoms with E-state index in [0.717, 1.165) is 5.69 Å². The van der Waals surface area contributed by atoms with Crippen LogP contribution in [-0.4, -0.2) is 17.5 Å². The Morgan fingerprint density at radius 2 is 2.21 bits per heavy atom. The van der Waals surface area contributed by atoms with E-state index < -0.39 is 0 Å². The molecule has 1 aromatic heterocycles. The molecule has 76 valence electrons. The number of carbonyl (C=O) groups excluding carboxylic acids is 1. The highest BCUT2D eigenvalue weighted by Gasteiger charge is 2.02. The molecule has 0 aliphatic carbocycles. The molecular weight excluding hydrogens is 180 g/mol. The van der Waals surface area contributed by atoms with Crippen molar-refractivity contribution in [3.63, 3.8) is 0 Å². The summed E-state index contributed by atoms with van der Waals surface area (Å²) in [5.41, 5.74) is 0.815. The van der Waals surface area contributed by atoms with E-state index in [1.807, 2.05) is 13.0 Å². The Kier molecular flexibility index (Phi) is 3.45. The van der Waals surface area contributed by atoms with Crippen molar-refractivity contribution in [2.24, 2.45) is 0 Å². The normalized spacial score (nSPS) is 9.86. The number of carbonyl (C=O) groups is 1. The molecule has 14 heavy (non-hydrogen) atoms. The summed E-state index contributed by atoms with van der Waals surface area (Å²) in [6.07, 6.45) is 0.335. The summed E-state index contributed by atoms with van der Waals surface area (Å²) in [5.74, 6) is -0.0554. The number of amides is 1. The number of hydrogen-bond acceptors (Lipinski definition) is 2. The Labute approximate surface area is 82.6 Å². The summed E-state index contributed by atoms with van der Waals surface area (Å²) >= 11 is 0. The third kappa shape index (κ3) is 2.45. The second kappa shape index (κ2) is 4.60. The van der Waals surface area contributed by atoms with Gasteiger partial charge in [-0.15, -0.1) is 0 Å². The van der Waals surface area contributed by atoms with Crippen LogP contribution in [0.25, 0.3) is 0 Å². The maximum absolute atomic E-state index is 11.4. The lowest BCUT2D eigenvalue weighted by molar-refractivity contribution is -0.120. The van der Waals surface area contributed by atoms with Crippen LogP contribution in [0.5, 0.6) is 0 Å². The van der Waals surface area contributed by atoms with Crippen molar-refractivity contribution in [3.8, 4) is 0 Å². The minimum atomic E-state index is -0.0612. The molecular formula is C10H14N2O2. The maximum Gasteiger partial charge on any atom is 0.250 e. The summed E-state index contributed by atoms with van der Waals surface area (Å²) in [5, 5.41) is 2.52. The van der Waals surface area contributed by atoms with E-state index in [1.165, 1.54) is 6.07 Å². The Morgan fingerprint density at radius 3 is 2.79 bits per heavy atom. The zero-order valence-corrected chi connectivity index (χ0v) is 8.41. The molecule has 4 heteroatoms. The molecule has 0 radical (unpaired) electrons. The lowest BCUT2D eigenvalue weighted by Gasteiger charge is -2.07. The van der Waals surface area contributed by atoms with E-state index in [4.69, 9.17) is 0 Å². The largest absolute Gasteiger partial charge is 0.359 e. The van der Waals surface area contributed by atoms with Gasteiger partial charge in [0, 0.05) is 31.8 Å². The monoisotopic (exact) mass is 194 g/mol. The van der Waals surface area contributed by atoms with Gasteiger partial charge in [-0.05, 0) is 13.0 Å². The van der Waals surface area contributed by atoms with E-state index >= 15 is 0 Å². The predicted molar refractivity (Wildman–Crippen MR) is 54.1 cm³/mol. The number of aromatic nitrogens is 1. The highest BCUT2D eigenvalue weighted by Crippen LogP contribution is 1.95. The van der Waals surface area contributed by atoms with Gasteiger partial charge in [0.2, 0.25) is 5.91 Å². The van der Waals surface area contributed by atoms with Gasteiger partial charge in [-0.2, -0.15) is 0 Å². The van der Waals surface area contributed by atoms with Gasteiger partial charge in [-0.25, -0.2) is 0 Å². The fourth-order valence-corrected chi connectivity index (χ4v) is 1.25. The van der Waals surface area contributed by atoms with Gasteiger partial charge in [0.25, 0.3) is 5.56 Å². The molecule has 0 fully saturated rings. The van der Waals surface area contributed by atoms with Crippen LogP contribution in [-0.2, 0) is 11.3 Å². The SMILES string of the molecule is CNC(=O)CCn1c(C)cccc1=O. The molecule has 1 heterocycles. The van der Waals surface area contributed by atoms with Gasteiger partial charge in [0.15, 0.2) is 0 Å². The summed E-state index contributed by atoms with van der Waals surface area (Å²) in [6, 6.07) is 5.07. The molecule has 1 rings (SSSR count). The molecule has 0 unspecified atom stereocenters. The standard InChI is InChI=1S/C10H14N2O2/c1-8-4-3-5-10(14)12(8)7-6-9(13)11-2/h3-5H,6-7H2,1-2H3,(H,11,13). The van der Waals surface area contributed by atoms with Crippen molar-refractivity contribution in [1.82, 2.24) is 9.88 Å². The summed E-state index contributed by atoms with van der Waals surface area (Å²) < 4.78 is 1.59. The van der Waals surface area contributed by atoms with Gasteiger partial charge in [-0.1, -0.05) is 6.07 Å². The van der Waals surface area contributed by atoms with Crippen LogP contribution in [0.2, 0.25) is 0 Å². The smallest absolute Gasteiger partial charge is 0.250 e. The quantitative estimate of drug-likeness (QED) is 0.752. The number of hydrogen-bond donors (Lipinski definition) is 1. The molecule has 0 spiro atoms. The molecule has 0 atom stereocenters. The minimum Gasteiger partial charge on any atom is -0.359 e. The summed E-state index contributed by atoms with van der Waals surface area (Å²) in [7, 11) is 1.59. The van der Waals surface area contributed by atoms with Crippen LogP contribution in [0.3, 0.4) is 0 Å². The Morgan fingerprint density at radius 1 is 1.50 bits per heavy atom. The van der Waals surface area contributed by atoms with Gasteiger partial charge in [0.1, 0.15) is 0 Å². The van der Waals surface area contributed by atoms with Crippen LogP contribution in [0.4, 0.5) is 0 Å². The van der Waals surface area contributed by atoms with Crippen LogP contribution >= 0.6 is 0 Å². The maximum atomic E-state index is 11.4. The van der Waals surface area contributed by atoms with Crippen LogP contribution in [0, 0.1) is 6.92 Å². The van der Waals surface area contributed by atoms with E-state index in [1.54, 1.807) is 17.7 Å². The molecule has 0 aliphatic rings. The summed E-state index contributed by atoms with van der Waals surface area (Å²) in [4.78, 5) is 22.4. The van der Waals surface area contributed by atoms with Gasteiger partial charge < -0.3 is 9.88 Å². The average Bonchev–Trinajstić information content (AvgIpc) is 2.16. The van der Waals surface area contributed by atoms with Crippen LogP contribution < -0.4 is 10.9 Å². The highest BCUT2D eigenvalue weighted by molar-refractivity contribution is 5.75. The number of rotatable bonds is 3. The highest BCUT2D eigenvalue weighted by atomic mass is 16.1. The predicted octanol–water partition coefficient (Wildman–Crippen LogP) is 0.293. The van der Waals surface area contributed by atoms with Crippen LogP contribution in [0.15, 0.2) is 23.0 Å². The first-order valence-electron chi connectivity index (χ1n) is 4.52. The first-order chi connectivity index (χ1) is 6.65. The number of aryl methyl sites for hydroxylation is 1. The van der Waals surface area contributed by atoms with Crippen molar-refractivity contribution in [1.29, 1.82) is 0 Å². The molecule has 4 nitrogen and oxygen atoms in total. The molecule has 0 saturated carbocycles. The molecule has 1 aromatic rings. The molecule has 0 aromatic carbocycles. The minimum absolute atomic E-state index is 0.0554. The Bertz CT molecular complexity index is 382. The zero-order valence-electron chi connectivity index (χ0n) is 8.41. The first-order valence-corrected chi connectivity index (χ1v) is 4.52. The van der Waals surface area contributed by atoms with Crippen molar-refractivity contribution in [3.05, 3.63) is 34.2 Å². The molecule has 0 aliphatic heterocycles. The Hall–Kier alpha value is -1.58. The average molecular weight is 194 g/mol. The number of nitrogens with zero attached hydrogens (tertiary/aromatic N) is 1. The number of pyridine rings is 1. The van der Waals surface area contributed by atoms with E-state index in [2.05, 4.69) is 5.32 Å².